The third-order valence-corrected chi connectivity index (χ3v) is 5.92. The number of likely N-dealkylation sites (tertiary alicyclic amines) is 1. The smallest absolute Gasteiger partial charge is 0.225 e. The van der Waals surface area contributed by atoms with Gasteiger partial charge in [0, 0.05) is 18.5 Å². The molecule has 1 amide bonds. The van der Waals surface area contributed by atoms with Crippen LogP contribution < -0.4 is 0 Å². The molecular formula is C22H33NO3. The molecule has 1 N–H and O–H groups in total. The Balaban J connectivity index is 1.73. The molecule has 1 aliphatic heterocycles. The maximum atomic E-state index is 12.9. The minimum absolute atomic E-state index is 0.125. The number of ether oxygens (including phenoxy) is 1. The van der Waals surface area contributed by atoms with Gasteiger partial charge in [0.05, 0.1) is 24.2 Å². The highest BCUT2D eigenvalue weighted by Gasteiger charge is 2.50. The van der Waals surface area contributed by atoms with Crippen LogP contribution in [0, 0.1) is 5.92 Å². The number of piperidine rings is 1. The second-order valence-electron chi connectivity index (χ2n) is 8.80. The van der Waals surface area contributed by atoms with E-state index in [4.69, 9.17) is 4.74 Å². The molecular weight excluding hydrogens is 326 g/mol. The van der Waals surface area contributed by atoms with Crippen molar-refractivity contribution in [1.82, 2.24) is 4.90 Å². The van der Waals surface area contributed by atoms with Crippen LogP contribution in [-0.2, 0) is 15.1 Å². The average molecular weight is 360 g/mol. The Kier molecular flexibility index (Phi) is 5.73. The Morgan fingerprint density at radius 1 is 1.23 bits per heavy atom. The summed E-state index contributed by atoms with van der Waals surface area (Å²) in [6, 6.07) is 10.2. The van der Waals surface area contributed by atoms with Gasteiger partial charge in [-0.1, -0.05) is 43.2 Å². The van der Waals surface area contributed by atoms with Gasteiger partial charge >= 0.3 is 0 Å². The van der Waals surface area contributed by atoms with Gasteiger partial charge in [0.2, 0.25) is 5.91 Å². The van der Waals surface area contributed by atoms with Crippen molar-refractivity contribution >= 4 is 5.91 Å². The van der Waals surface area contributed by atoms with Gasteiger partial charge in [-0.05, 0) is 45.6 Å². The molecule has 1 unspecified atom stereocenters. The van der Waals surface area contributed by atoms with E-state index in [0.717, 1.165) is 31.2 Å². The molecule has 3 rings (SSSR count). The maximum absolute atomic E-state index is 12.9. The van der Waals surface area contributed by atoms with E-state index in [1.807, 2.05) is 56.0 Å². The van der Waals surface area contributed by atoms with E-state index in [1.54, 1.807) is 0 Å². The highest BCUT2D eigenvalue weighted by atomic mass is 16.5. The van der Waals surface area contributed by atoms with Crippen molar-refractivity contribution < 1.29 is 14.6 Å². The molecule has 2 fully saturated rings. The standard InChI is InChI=1S/C22H33NO3/c1-21(2,3)26-16-13-20(24)23-15-14-22(25,17-9-5-4-6-10-17)18-11-7-8-12-19(18)23/h4-6,9-10,18-19,25H,7-8,11-16H2,1-3H3/t18-,19-,22?/m1/s1. The molecule has 144 valence electrons. The van der Waals surface area contributed by atoms with Crippen molar-refractivity contribution in [2.24, 2.45) is 5.92 Å². The van der Waals surface area contributed by atoms with Gasteiger partial charge in [-0.3, -0.25) is 4.79 Å². The zero-order valence-corrected chi connectivity index (χ0v) is 16.4. The van der Waals surface area contributed by atoms with E-state index >= 15 is 0 Å². The normalized spacial score (nSPS) is 29.3. The first-order chi connectivity index (χ1) is 12.3. The van der Waals surface area contributed by atoms with Crippen LogP contribution in [-0.4, -0.2) is 40.7 Å². The summed E-state index contributed by atoms with van der Waals surface area (Å²) < 4.78 is 5.74. The van der Waals surface area contributed by atoms with Gasteiger partial charge in [-0.2, -0.15) is 0 Å². The highest BCUT2D eigenvalue weighted by Crippen LogP contribution is 2.47. The number of rotatable bonds is 4. The van der Waals surface area contributed by atoms with Crippen LogP contribution in [0.25, 0.3) is 0 Å². The predicted molar refractivity (Wildman–Crippen MR) is 103 cm³/mol. The molecule has 26 heavy (non-hydrogen) atoms. The van der Waals surface area contributed by atoms with E-state index in [-0.39, 0.29) is 23.5 Å². The van der Waals surface area contributed by atoms with Crippen LogP contribution in [0.4, 0.5) is 0 Å². The van der Waals surface area contributed by atoms with Crippen LogP contribution in [0.3, 0.4) is 0 Å². The summed E-state index contributed by atoms with van der Waals surface area (Å²) in [5.74, 6) is 0.293. The number of hydrogen-bond acceptors (Lipinski definition) is 3. The first-order valence-corrected chi connectivity index (χ1v) is 10.0. The zero-order chi connectivity index (χ0) is 18.8. The van der Waals surface area contributed by atoms with Gasteiger partial charge in [0.25, 0.3) is 0 Å². The molecule has 1 saturated carbocycles. The molecule has 0 bridgehead atoms. The molecule has 1 aromatic rings. The Hall–Kier alpha value is -1.39. The summed E-state index contributed by atoms with van der Waals surface area (Å²) in [6.45, 7) is 7.11. The van der Waals surface area contributed by atoms with Gasteiger partial charge in [0.1, 0.15) is 0 Å². The van der Waals surface area contributed by atoms with E-state index in [2.05, 4.69) is 0 Å². The van der Waals surface area contributed by atoms with Crippen LogP contribution in [0.2, 0.25) is 0 Å². The molecule has 0 spiro atoms. The summed E-state index contributed by atoms with van der Waals surface area (Å²) in [7, 11) is 0. The van der Waals surface area contributed by atoms with Crippen LogP contribution in [0.5, 0.6) is 0 Å². The van der Waals surface area contributed by atoms with E-state index < -0.39 is 5.60 Å². The predicted octanol–water partition coefficient (Wildman–Crippen LogP) is 3.87. The largest absolute Gasteiger partial charge is 0.385 e. The monoisotopic (exact) mass is 359 g/mol. The van der Waals surface area contributed by atoms with Crippen LogP contribution in [0.15, 0.2) is 30.3 Å². The van der Waals surface area contributed by atoms with Crippen molar-refractivity contribution in [3.05, 3.63) is 35.9 Å². The van der Waals surface area contributed by atoms with Crippen LogP contribution >= 0.6 is 0 Å². The molecule has 2 aliphatic rings. The van der Waals surface area contributed by atoms with Gasteiger partial charge in [-0.15, -0.1) is 0 Å². The fourth-order valence-corrected chi connectivity index (χ4v) is 4.67. The fourth-order valence-electron chi connectivity index (χ4n) is 4.67. The third-order valence-electron chi connectivity index (χ3n) is 5.92. The number of carbonyl (C=O) groups excluding carboxylic acids is 1. The molecule has 0 radical (unpaired) electrons. The average Bonchev–Trinajstić information content (AvgIpc) is 2.62. The quantitative estimate of drug-likeness (QED) is 0.888. The zero-order valence-electron chi connectivity index (χ0n) is 16.4. The third kappa shape index (κ3) is 4.12. The molecule has 0 aromatic heterocycles. The number of fused-ring (bicyclic) bond motifs is 1. The van der Waals surface area contributed by atoms with Gasteiger partial charge < -0.3 is 14.7 Å². The van der Waals surface area contributed by atoms with Crippen molar-refractivity contribution in [3.8, 4) is 0 Å². The second-order valence-corrected chi connectivity index (χ2v) is 8.80. The SMILES string of the molecule is CC(C)(C)OCCC(=O)N1CCC(O)(c2ccccc2)[C@@H]2CCCC[C@H]21. The van der Waals surface area contributed by atoms with E-state index in [1.165, 1.54) is 0 Å². The van der Waals surface area contributed by atoms with Crippen molar-refractivity contribution in [2.75, 3.05) is 13.2 Å². The number of aliphatic hydroxyl groups is 1. The molecule has 1 aromatic carbocycles. The van der Waals surface area contributed by atoms with E-state index in [9.17, 15) is 9.90 Å². The molecule has 1 aliphatic carbocycles. The first-order valence-electron chi connectivity index (χ1n) is 10.0. The Bertz CT molecular complexity index is 610. The number of hydrogen-bond donors (Lipinski definition) is 1. The molecule has 4 heteroatoms. The molecule has 1 saturated heterocycles. The second kappa shape index (κ2) is 7.69. The number of carbonyl (C=O) groups is 1. The first kappa shape index (κ1) is 19.4. The number of benzene rings is 1. The summed E-state index contributed by atoms with van der Waals surface area (Å²) in [4.78, 5) is 14.9. The molecule has 4 nitrogen and oxygen atoms in total. The Labute approximate surface area is 157 Å². The molecule has 3 atom stereocenters. The van der Waals surface area contributed by atoms with Gasteiger partial charge in [0.15, 0.2) is 0 Å². The minimum atomic E-state index is -0.814. The number of nitrogens with zero attached hydrogens (tertiary/aromatic N) is 1. The van der Waals surface area contributed by atoms with Crippen molar-refractivity contribution in [3.63, 3.8) is 0 Å². The summed E-state index contributed by atoms with van der Waals surface area (Å²) in [6.07, 6.45) is 5.28. The van der Waals surface area contributed by atoms with Gasteiger partial charge in [-0.25, -0.2) is 0 Å². The summed E-state index contributed by atoms with van der Waals surface area (Å²) >= 11 is 0. The topological polar surface area (TPSA) is 49.8 Å². The lowest BCUT2D eigenvalue weighted by atomic mass is 9.66. The van der Waals surface area contributed by atoms with Crippen LogP contribution in [0.1, 0.15) is 64.9 Å². The Morgan fingerprint density at radius 2 is 1.92 bits per heavy atom. The van der Waals surface area contributed by atoms with Crippen molar-refractivity contribution in [2.45, 2.75) is 76.5 Å². The number of amides is 1. The summed E-state index contributed by atoms with van der Waals surface area (Å²) in [5, 5.41) is 11.6. The lowest BCUT2D eigenvalue weighted by Crippen LogP contribution is -2.59. The van der Waals surface area contributed by atoms with Crippen molar-refractivity contribution in [1.29, 1.82) is 0 Å². The minimum Gasteiger partial charge on any atom is -0.385 e. The highest BCUT2D eigenvalue weighted by molar-refractivity contribution is 5.77. The maximum Gasteiger partial charge on any atom is 0.225 e. The fraction of sp³-hybridized carbons (Fsp3) is 0.682. The molecule has 1 heterocycles. The van der Waals surface area contributed by atoms with E-state index in [0.29, 0.717) is 26.0 Å². The Morgan fingerprint density at radius 3 is 2.62 bits per heavy atom. The summed E-state index contributed by atoms with van der Waals surface area (Å²) in [5.41, 5.74) is -0.0335. The lowest BCUT2D eigenvalue weighted by Gasteiger charge is -2.52. The lowest BCUT2D eigenvalue weighted by molar-refractivity contribution is -0.156.